The largest absolute Gasteiger partial charge is 0.438 e. The van der Waals surface area contributed by atoms with Gasteiger partial charge in [0, 0.05) is 19.6 Å². The molecule has 0 atom stereocenters. The lowest BCUT2D eigenvalue weighted by Crippen LogP contribution is -2.31. The van der Waals surface area contributed by atoms with Crippen LogP contribution in [-0.4, -0.2) is 29.5 Å². The van der Waals surface area contributed by atoms with E-state index in [2.05, 4.69) is 34.1 Å². The normalized spacial score (nSPS) is 11.2. The van der Waals surface area contributed by atoms with Crippen molar-refractivity contribution in [3.05, 3.63) is 65.5 Å². The predicted molar refractivity (Wildman–Crippen MR) is 94.3 cm³/mol. The summed E-state index contributed by atoms with van der Waals surface area (Å²) >= 11 is 1.66. The summed E-state index contributed by atoms with van der Waals surface area (Å²) in [6.45, 7) is 3.10. The summed E-state index contributed by atoms with van der Waals surface area (Å²) < 4.78 is 5.87. The monoisotopic (exact) mass is 327 g/mol. The van der Waals surface area contributed by atoms with Gasteiger partial charge in [0.15, 0.2) is 5.76 Å². The molecule has 0 aliphatic heterocycles. The maximum Gasteiger partial charge on any atom is 0.209 e. The second-order valence-corrected chi connectivity index (χ2v) is 6.34. The number of thiophene rings is 1. The molecule has 0 radical (unpaired) electrons. The molecular weight excluding hydrogens is 306 g/mol. The third-order valence-electron chi connectivity index (χ3n) is 3.68. The van der Waals surface area contributed by atoms with Crippen LogP contribution in [0.4, 0.5) is 0 Å². The van der Waals surface area contributed by atoms with Crippen LogP contribution in [0, 0.1) is 0 Å². The van der Waals surface area contributed by atoms with Crippen molar-refractivity contribution in [1.82, 2.24) is 9.88 Å². The zero-order valence-electron chi connectivity index (χ0n) is 13.0. The van der Waals surface area contributed by atoms with E-state index in [0.29, 0.717) is 13.1 Å². The van der Waals surface area contributed by atoms with Crippen LogP contribution in [0.3, 0.4) is 0 Å². The minimum atomic E-state index is 0.632. The molecule has 5 heteroatoms. The Morgan fingerprint density at radius 3 is 2.70 bits per heavy atom. The molecule has 0 spiro atoms. The van der Waals surface area contributed by atoms with E-state index in [4.69, 9.17) is 10.2 Å². The molecule has 1 aromatic carbocycles. The van der Waals surface area contributed by atoms with E-state index in [1.165, 1.54) is 5.56 Å². The Labute approximate surface area is 140 Å². The minimum Gasteiger partial charge on any atom is -0.438 e. The van der Waals surface area contributed by atoms with Crippen molar-refractivity contribution in [1.29, 1.82) is 0 Å². The molecule has 23 heavy (non-hydrogen) atoms. The molecule has 2 heterocycles. The third kappa shape index (κ3) is 4.51. The molecule has 0 saturated heterocycles. The van der Waals surface area contributed by atoms with Crippen molar-refractivity contribution in [2.45, 2.75) is 13.0 Å². The fourth-order valence-corrected chi connectivity index (χ4v) is 3.16. The van der Waals surface area contributed by atoms with Gasteiger partial charge < -0.3 is 10.2 Å². The Bertz CT molecular complexity index is 694. The highest BCUT2D eigenvalue weighted by molar-refractivity contribution is 7.13. The highest BCUT2D eigenvalue weighted by Crippen LogP contribution is 2.25. The number of aromatic nitrogens is 1. The van der Waals surface area contributed by atoms with Crippen LogP contribution in [0.1, 0.15) is 11.5 Å². The van der Waals surface area contributed by atoms with Crippen molar-refractivity contribution in [2.24, 2.45) is 5.73 Å². The lowest BCUT2D eigenvalue weighted by molar-refractivity contribution is 0.249. The molecule has 120 valence electrons. The van der Waals surface area contributed by atoms with E-state index in [0.717, 1.165) is 36.0 Å². The molecule has 0 aliphatic rings. The van der Waals surface area contributed by atoms with E-state index in [-0.39, 0.29) is 0 Å². The van der Waals surface area contributed by atoms with Gasteiger partial charge in [0.05, 0.1) is 17.6 Å². The third-order valence-corrected chi connectivity index (χ3v) is 4.57. The topological polar surface area (TPSA) is 55.3 Å². The molecule has 2 aromatic heterocycles. The zero-order valence-corrected chi connectivity index (χ0v) is 13.8. The molecule has 0 fully saturated rings. The molecule has 0 amide bonds. The van der Waals surface area contributed by atoms with Crippen molar-refractivity contribution in [2.75, 3.05) is 19.6 Å². The van der Waals surface area contributed by atoms with Crippen LogP contribution in [0.5, 0.6) is 0 Å². The summed E-state index contributed by atoms with van der Waals surface area (Å²) in [4.78, 5) is 7.81. The SMILES string of the molecule is NCCN(CCc1ccccc1)Cc1ncc(-c2cccs2)o1. The van der Waals surface area contributed by atoms with Crippen molar-refractivity contribution < 1.29 is 4.42 Å². The van der Waals surface area contributed by atoms with Gasteiger partial charge in [-0.3, -0.25) is 4.90 Å². The maximum atomic E-state index is 5.87. The molecule has 0 bridgehead atoms. The van der Waals surface area contributed by atoms with Crippen LogP contribution in [-0.2, 0) is 13.0 Å². The Morgan fingerprint density at radius 1 is 1.09 bits per heavy atom. The first kappa shape index (κ1) is 15.9. The average Bonchev–Trinajstić information content (AvgIpc) is 3.25. The van der Waals surface area contributed by atoms with Crippen molar-refractivity contribution in [3.8, 4) is 10.6 Å². The van der Waals surface area contributed by atoms with Gasteiger partial charge >= 0.3 is 0 Å². The number of oxazole rings is 1. The summed E-state index contributed by atoms with van der Waals surface area (Å²) in [5.41, 5.74) is 7.08. The highest BCUT2D eigenvalue weighted by atomic mass is 32.1. The zero-order chi connectivity index (χ0) is 15.9. The highest BCUT2D eigenvalue weighted by Gasteiger charge is 2.12. The molecule has 0 saturated carbocycles. The molecule has 3 aromatic rings. The summed E-state index contributed by atoms with van der Waals surface area (Å²) in [5.74, 6) is 1.58. The van der Waals surface area contributed by atoms with E-state index in [1.54, 1.807) is 17.5 Å². The van der Waals surface area contributed by atoms with Crippen LogP contribution < -0.4 is 5.73 Å². The summed E-state index contributed by atoms with van der Waals surface area (Å²) in [6.07, 6.45) is 2.80. The number of benzene rings is 1. The second-order valence-electron chi connectivity index (χ2n) is 5.40. The Balaban J connectivity index is 1.60. The fraction of sp³-hybridized carbons (Fsp3) is 0.278. The van der Waals surface area contributed by atoms with E-state index < -0.39 is 0 Å². The fourth-order valence-electron chi connectivity index (χ4n) is 2.49. The first-order chi connectivity index (χ1) is 11.3. The lowest BCUT2D eigenvalue weighted by Gasteiger charge is -2.19. The molecule has 3 rings (SSSR count). The molecule has 0 aliphatic carbocycles. The number of rotatable bonds is 8. The van der Waals surface area contributed by atoms with Crippen LogP contribution >= 0.6 is 11.3 Å². The van der Waals surface area contributed by atoms with Crippen LogP contribution in [0.2, 0.25) is 0 Å². The average molecular weight is 327 g/mol. The standard InChI is InChI=1S/C18H21N3OS/c19-9-11-21(10-8-15-5-2-1-3-6-15)14-18-20-13-16(22-18)17-7-4-12-23-17/h1-7,12-13H,8-11,14,19H2. The van der Waals surface area contributed by atoms with Gasteiger partial charge in [-0.15, -0.1) is 11.3 Å². The quantitative estimate of drug-likeness (QED) is 0.689. The van der Waals surface area contributed by atoms with Gasteiger partial charge in [0.2, 0.25) is 5.89 Å². The van der Waals surface area contributed by atoms with E-state index >= 15 is 0 Å². The minimum absolute atomic E-state index is 0.632. The Kier molecular flexibility index (Phi) is 5.58. The second kappa shape index (κ2) is 8.06. The molecule has 0 unspecified atom stereocenters. The Hall–Kier alpha value is -1.95. The molecule has 2 N–H and O–H groups in total. The van der Waals surface area contributed by atoms with Crippen molar-refractivity contribution in [3.63, 3.8) is 0 Å². The van der Waals surface area contributed by atoms with E-state index in [9.17, 15) is 0 Å². The van der Waals surface area contributed by atoms with Gasteiger partial charge in [-0.25, -0.2) is 4.98 Å². The van der Waals surface area contributed by atoms with Gasteiger partial charge in [-0.2, -0.15) is 0 Å². The first-order valence-electron chi connectivity index (χ1n) is 7.80. The van der Waals surface area contributed by atoms with Gasteiger partial charge in [-0.1, -0.05) is 36.4 Å². The van der Waals surface area contributed by atoms with E-state index in [1.807, 2.05) is 23.6 Å². The van der Waals surface area contributed by atoms with Crippen molar-refractivity contribution >= 4 is 11.3 Å². The summed E-state index contributed by atoms with van der Waals surface area (Å²) in [7, 11) is 0. The van der Waals surface area contributed by atoms with Gasteiger partial charge in [-0.05, 0) is 23.4 Å². The summed E-state index contributed by atoms with van der Waals surface area (Å²) in [5, 5.41) is 2.04. The maximum absolute atomic E-state index is 5.87. The number of hydrogen-bond acceptors (Lipinski definition) is 5. The van der Waals surface area contributed by atoms with Gasteiger partial charge in [0.25, 0.3) is 0 Å². The van der Waals surface area contributed by atoms with Crippen LogP contribution in [0.15, 0.2) is 58.5 Å². The number of nitrogens with zero attached hydrogens (tertiary/aromatic N) is 2. The van der Waals surface area contributed by atoms with Gasteiger partial charge in [0.1, 0.15) is 0 Å². The Morgan fingerprint density at radius 2 is 1.96 bits per heavy atom. The number of hydrogen-bond donors (Lipinski definition) is 1. The first-order valence-corrected chi connectivity index (χ1v) is 8.68. The number of nitrogens with two attached hydrogens (primary N) is 1. The smallest absolute Gasteiger partial charge is 0.209 e. The lowest BCUT2D eigenvalue weighted by atomic mass is 10.1. The predicted octanol–water partition coefficient (Wildman–Crippen LogP) is 3.41. The summed E-state index contributed by atoms with van der Waals surface area (Å²) in [6, 6.07) is 14.6. The molecular formula is C18H21N3OS. The molecule has 4 nitrogen and oxygen atoms in total. The van der Waals surface area contributed by atoms with Crippen LogP contribution in [0.25, 0.3) is 10.6 Å².